The van der Waals surface area contributed by atoms with Gasteiger partial charge in [0, 0.05) is 24.5 Å². The number of amides is 1. The largest absolute Gasteiger partial charge is 0.335 e. The van der Waals surface area contributed by atoms with E-state index in [4.69, 9.17) is 11.6 Å². The number of nitrogens with zero attached hydrogens (tertiary/aromatic N) is 1. The molecule has 1 aliphatic rings. The van der Waals surface area contributed by atoms with Crippen LogP contribution in [-0.4, -0.2) is 22.8 Å². The van der Waals surface area contributed by atoms with Gasteiger partial charge in [-0.3, -0.25) is 15.1 Å². The van der Waals surface area contributed by atoms with Crippen LogP contribution in [0.15, 0.2) is 24.4 Å². The molecule has 0 saturated carbocycles. The molecule has 1 amide bonds. The van der Waals surface area contributed by atoms with Crippen LogP contribution in [0.2, 0.25) is 0 Å². The monoisotopic (exact) mass is 225 g/mol. The number of rotatable bonds is 2. The van der Waals surface area contributed by atoms with E-state index in [9.17, 15) is 4.79 Å². The molecule has 1 aromatic rings. The Morgan fingerprint density at radius 3 is 3.07 bits per heavy atom. The molecular weight excluding hydrogens is 214 g/mol. The number of carbonyl (C=O) groups excluding carboxylic acids is 1. The lowest BCUT2D eigenvalue weighted by Crippen LogP contribution is -2.51. The molecule has 80 valence electrons. The summed E-state index contributed by atoms with van der Waals surface area (Å²) in [6.45, 7) is 0. The molecule has 0 aliphatic carbocycles. The van der Waals surface area contributed by atoms with Crippen molar-refractivity contribution in [2.45, 2.75) is 18.6 Å². The van der Waals surface area contributed by atoms with Gasteiger partial charge in [-0.25, -0.2) is 0 Å². The average molecular weight is 226 g/mol. The van der Waals surface area contributed by atoms with Crippen LogP contribution in [-0.2, 0) is 4.79 Å². The maximum atomic E-state index is 11.4. The Labute approximate surface area is 93.0 Å². The molecule has 1 aliphatic heterocycles. The van der Waals surface area contributed by atoms with Gasteiger partial charge >= 0.3 is 0 Å². The van der Waals surface area contributed by atoms with Crippen LogP contribution in [0.3, 0.4) is 0 Å². The summed E-state index contributed by atoms with van der Waals surface area (Å²) in [4.78, 5) is 15.6. The van der Waals surface area contributed by atoms with Gasteiger partial charge in [0.15, 0.2) is 0 Å². The molecule has 4 nitrogen and oxygen atoms in total. The quantitative estimate of drug-likeness (QED) is 0.732. The van der Waals surface area contributed by atoms with E-state index in [-0.39, 0.29) is 18.1 Å². The second-order valence-electron chi connectivity index (χ2n) is 3.48. The van der Waals surface area contributed by atoms with E-state index in [1.807, 2.05) is 18.2 Å². The molecule has 2 unspecified atom stereocenters. The van der Waals surface area contributed by atoms with E-state index in [0.717, 1.165) is 5.69 Å². The third-order valence-electron chi connectivity index (χ3n) is 2.31. The van der Waals surface area contributed by atoms with Crippen LogP contribution in [0, 0.1) is 0 Å². The summed E-state index contributed by atoms with van der Waals surface area (Å²) in [6, 6.07) is 5.62. The van der Waals surface area contributed by atoms with E-state index < -0.39 is 0 Å². The van der Waals surface area contributed by atoms with Gasteiger partial charge in [-0.2, -0.15) is 0 Å². The third kappa shape index (κ3) is 2.46. The van der Waals surface area contributed by atoms with Crippen molar-refractivity contribution in [3.8, 4) is 0 Å². The second kappa shape index (κ2) is 4.59. The van der Waals surface area contributed by atoms with Gasteiger partial charge in [-0.1, -0.05) is 6.07 Å². The van der Waals surface area contributed by atoms with Crippen LogP contribution in [0.25, 0.3) is 0 Å². The van der Waals surface area contributed by atoms with Crippen molar-refractivity contribution in [1.82, 2.24) is 15.6 Å². The topological polar surface area (TPSA) is 54.0 Å². The minimum Gasteiger partial charge on any atom is -0.335 e. The van der Waals surface area contributed by atoms with Crippen molar-refractivity contribution in [1.29, 1.82) is 0 Å². The van der Waals surface area contributed by atoms with Gasteiger partial charge in [-0.15, -0.1) is 11.6 Å². The highest BCUT2D eigenvalue weighted by Gasteiger charge is 2.26. The fraction of sp³-hybridized carbons (Fsp3) is 0.400. The zero-order valence-corrected chi connectivity index (χ0v) is 8.87. The molecule has 1 aromatic heterocycles. The van der Waals surface area contributed by atoms with Gasteiger partial charge in [0.05, 0.1) is 5.69 Å². The molecule has 0 aromatic carbocycles. The normalized spacial score (nSPS) is 26.1. The summed E-state index contributed by atoms with van der Waals surface area (Å²) in [7, 11) is 0. The first kappa shape index (κ1) is 10.4. The molecule has 2 atom stereocenters. The molecule has 2 N–H and O–H groups in total. The number of nitrogens with one attached hydrogen (secondary N) is 2. The summed E-state index contributed by atoms with van der Waals surface area (Å²) in [5.41, 5.74) is 0.806. The summed E-state index contributed by atoms with van der Waals surface area (Å²) in [5, 5.41) is 6.05. The van der Waals surface area contributed by atoms with Crippen molar-refractivity contribution < 1.29 is 4.79 Å². The van der Waals surface area contributed by atoms with Crippen molar-refractivity contribution in [2.24, 2.45) is 0 Å². The lowest BCUT2D eigenvalue weighted by Gasteiger charge is -2.30. The van der Waals surface area contributed by atoms with Crippen molar-refractivity contribution in [2.75, 3.05) is 5.88 Å². The first-order valence-electron chi connectivity index (χ1n) is 4.82. The highest BCUT2D eigenvalue weighted by atomic mass is 35.5. The predicted octanol–water partition coefficient (Wildman–Crippen LogP) is 0.797. The number of carbonyl (C=O) groups is 1. The fourth-order valence-corrected chi connectivity index (χ4v) is 1.78. The van der Waals surface area contributed by atoms with Gasteiger partial charge in [0.25, 0.3) is 0 Å². The van der Waals surface area contributed by atoms with Gasteiger partial charge in [0.1, 0.15) is 6.17 Å². The minimum absolute atomic E-state index is 0.00931. The molecule has 5 heteroatoms. The number of alkyl halides is 1. The van der Waals surface area contributed by atoms with Crippen LogP contribution in [0.4, 0.5) is 0 Å². The molecule has 1 fully saturated rings. The molecule has 2 rings (SSSR count). The minimum atomic E-state index is -0.226. The standard InChI is InChI=1S/C10H12ClN3O/c11-6-7-5-9(15)14-10(13-7)8-3-1-2-4-12-8/h1-4,7,10,13H,5-6H2,(H,14,15). The Hall–Kier alpha value is -1.13. The maximum Gasteiger partial charge on any atom is 0.223 e. The van der Waals surface area contributed by atoms with E-state index in [0.29, 0.717) is 12.3 Å². The Balaban J connectivity index is 2.12. The van der Waals surface area contributed by atoms with Crippen LogP contribution < -0.4 is 10.6 Å². The number of aromatic nitrogens is 1. The maximum absolute atomic E-state index is 11.4. The summed E-state index contributed by atoms with van der Waals surface area (Å²) in [6.07, 6.45) is 1.90. The van der Waals surface area contributed by atoms with E-state index in [2.05, 4.69) is 15.6 Å². The zero-order valence-electron chi connectivity index (χ0n) is 8.11. The lowest BCUT2D eigenvalue weighted by atomic mass is 10.1. The van der Waals surface area contributed by atoms with Crippen molar-refractivity contribution in [3.05, 3.63) is 30.1 Å². The smallest absolute Gasteiger partial charge is 0.223 e. The summed E-state index contributed by atoms with van der Waals surface area (Å²) >= 11 is 5.74. The van der Waals surface area contributed by atoms with E-state index in [1.54, 1.807) is 6.20 Å². The molecule has 15 heavy (non-hydrogen) atoms. The Bertz CT molecular complexity index is 344. The first-order valence-corrected chi connectivity index (χ1v) is 5.35. The van der Waals surface area contributed by atoms with Crippen LogP contribution in [0.1, 0.15) is 18.3 Å². The van der Waals surface area contributed by atoms with Crippen LogP contribution in [0.5, 0.6) is 0 Å². The Morgan fingerprint density at radius 2 is 2.40 bits per heavy atom. The SMILES string of the molecule is O=C1CC(CCl)NC(c2ccccn2)N1. The van der Waals surface area contributed by atoms with Crippen molar-refractivity contribution >= 4 is 17.5 Å². The number of pyridine rings is 1. The predicted molar refractivity (Wildman–Crippen MR) is 57.4 cm³/mol. The first-order chi connectivity index (χ1) is 7.29. The molecule has 0 spiro atoms. The van der Waals surface area contributed by atoms with Gasteiger partial charge in [0.2, 0.25) is 5.91 Å². The molecule has 0 bridgehead atoms. The number of halogens is 1. The van der Waals surface area contributed by atoms with Crippen LogP contribution >= 0.6 is 11.6 Å². The van der Waals surface area contributed by atoms with Gasteiger partial charge in [-0.05, 0) is 12.1 Å². The number of hydrogen-bond donors (Lipinski definition) is 2. The molecular formula is C10H12ClN3O. The molecule has 0 radical (unpaired) electrons. The number of hydrogen-bond acceptors (Lipinski definition) is 3. The van der Waals surface area contributed by atoms with E-state index in [1.165, 1.54) is 0 Å². The average Bonchev–Trinajstić information content (AvgIpc) is 2.29. The van der Waals surface area contributed by atoms with Crippen molar-refractivity contribution in [3.63, 3.8) is 0 Å². The molecule has 2 heterocycles. The van der Waals surface area contributed by atoms with Gasteiger partial charge < -0.3 is 5.32 Å². The Kier molecular flexibility index (Phi) is 3.18. The fourth-order valence-electron chi connectivity index (χ4n) is 1.59. The summed E-state index contributed by atoms with van der Waals surface area (Å²) in [5.74, 6) is 0.437. The highest BCUT2D eigenvalue weighted by molar-refractivity contribution is 6.18. The van der Waals surface area contributed by atoms with E-state index >= 15 is 0 Å². The zero-order chi connectivity index (χ0) is 10.7. The second-order valence-corrected chi connectivity index (χ2v) is 3.79. The summed E-state index contributed by atoms with van der Waals surface area (Å²) < 4.78 is 0. The highest BCUT2D eigenvalue weighted by Crippen LogP contribution is 2.13. The third-order valence-corrected chi connectivity index (χ3v) is 2.68. The lowest BCUT2D eigenvalue weighted by molar-refractivity contribution is -0.124. The molecule has 1 saturated heterocycles. The Morgan fingerprint density at radius 1 is 1.53 bits per heavy atom.